The summed E-state index contributed by atoms with van der Waals surface area (Å²) in [5.74, 6) is -0.393. The molecular formula is C22H29ClN4O2. The number of benzene rings is 1. The molecule has 0 spiro atoms. The molecule has 1 aromatic heterocycles. The number of likely N-dealkylation sites (N-methyl/N-ethyl adjacent to an activating group) is 1. The van der Waals surface area contributed by atoms with E-state index in [0.29, 0.717) is 24.7 Å². The molecule has 29 heavy (non-hydrogen) atoms. The molecule has 1 aliphatic rings. The maximum Gasteiger partial charge on any atom is 0.232 e. The molecular weight excluding hydrogens is 388 g/mol. The topological polar surface area (TPSA) is 57.6 Å². The summed E-state index contributed by atoms with van der Waals surface area (Å²) in [4.78, 5) is 29.4. The number of halogens is 1. The number of aromatic nitrogens is 1. The molecule has 2 heterocycles. The molecule has 3 rings (SSSR count). The van der Waals surface area contributed by atoms with E-state index in [0.717, 1.165) is 30.9 Å². The molecule has 0 saturated carbocycles. The van der Waals surface area contributed by atoms with Crippen LogP contribution in [-0.4, -0.2) is 58.9 Å². The van der Waals surface area contributed by atoms with Crippen molar-refractivity contribution in [3.05, 3.63) is 58.9 Å². The predicted octanol–water partition coefficient (Wildman–Crippen LogP) is 2.92. The maximum atomic E-state index is 13.0. The average molecular weight is 417 g/mol. The molecule has 1 aromatic carbocycles. The minimum Gasteiger partial charge on any atom is -0.354 e. The van der Waals surface area contributed by atoms with E-state index in [4.69, 9.17) is 11.6 Å². The van der Waals surface area contributed by atoms with Crippen LogP contribution in [0.1, 0.15) is 37.6 Å². The van der Waals surface area contributed by atoms with E-state index in [-0.39, 0.29) is 24.3 Å². The first-order valence-corrected chi connectivity index (χ1v) is 10.6. The Balaban J connectivity index is 1.69. The molecule has 1 atom stereocenters. The second-order valence-corrected chi connectivity index (χ2v) is 7.66. The van der Waals surface area contributed by atoms with Gasteiger partial charge in [0.25, 0.3) is 0 Å². The Hall–Kier alpha value is -2.31. The zero-order valence-electron chi connectivity index (χ0n) is 17.1. The molecule has 156 valence electrons. The number of rotatable bonds is 8. The Morgan fingerprint density at radius 1 is 1.17 bits per heavy atom. The fourth-order valence-electron chi connectivity index (χ4n) is 3.87. The van der Waals surface area contributed by atoms with Crippen molar-refractivity contribution in [2.24, 2.45) is 0 Å². The molecule has 2 aromatic rings. The van der Waals surface area contributed by atoms with E-state index in [2.05, 4.69) is 28.6 Å². The Labute approximate surface area is 177 Å². The minimum atomic E-state index is -0.242. The molecule has 0 bridgehead atoms. The lowest BCUT2D eigenvalue weighted by molar-refractivity contribution is -0.138. The predicted molar refractivity (Wildman–Crippen MR) is 115 cm³/mol. The van der Waals surface area contributed by atoms with Gasteiger partial charge in [-0.15, -0.1) is 0 Å². The van der Waals surface area contributed by atoms with Crippen LogP contribution >= 0.6 is 11.6 Å². The lowest BCUT2D eigenvalue weighted by atomic mass is 9.99. The van der Waals surface area contributed by atoms with Crippen LogP contribution < -0.4 is 5.32 Å². The Kier molecular flexibility index (Phi) is 7.34. The minimum absolute atomic E-state index is 0.143. The van der Waals surface area contributed by atoms with Crippen LogP contribution in [0.5, 0.6) is 0 Å². The number of fused-ring (bicyclic) bond motifs is 1. The summed E-state index contributed by atoms with van der Waals surface area (Å²) in [7, 11) is 0. The van der Waals surface area contributed by atoms with E-state index in [9.17, 15) is 9.59 Å². The monoisotopic (exact) mass is 416 g/mol. The largest absolute Gasteiger partial charge is 0.354 e. The fraction of sp³-hybridized carbons (Fsp3) is 0.455. The van der Waals surface area contributed by atoms with Crippen LogP contribution in [0.3, 0.4) is 0 Å². The Morgan fingerprint density at radius 2 is 1.97 bits per heavy atom. The summed E-state index contributed by atoms with van der Waals surface area (Å²) in [5.41, 5.74) is 1.99. The molecule has 0 radical (unpaired) electrons. The average Bonchev–Trinajstić information content (AvgIpc) is 3.19. The second-order valence-electron chi connectivity index (χ2n) is 7.22. The number of nitrogens with zero attached hydrogens (tertiary/aromatic N) is 3. The summed E-state index contributed by atoms with van der Waals surface area (Å²) in [6.45, 7) is 8.69. The van der Waals surface area contributed by atoms with Crippen molar-refractivity contribution in [2.75, 3.05) is 32.7 Å². The van der Waals surface area contributed by atoms with Gasteiger partial charge in [0.15, 0.2) is 0 Å². The van der Waals surface area contributed by atoms with E-state index in [1.54, 1.807) is 4.90 Å². The van der Waals surface area contributed by atoms with Crippen LogP contribution in [0, 0.1) is 0 Å². The van der Waals surface area contributed by atoms with Crippen molar-refractivity contribution in [3.63, 3.8) is 0 Å². The molecule has 1 unspecified atom stereocenters. The number of carbonyl (C=O) groups is 2. The number of carbonyl (C=O) groups excluding carboxylic acids is 2. The third-order valence-corrected chi connectivity index (χ3v) is 5.71. The van der Waals surface area contributed by atoms with Crippen molar-refractivity contribution >= 4 is 23.4 Å². The van der Waals surface area contributed by atoms with Gasteiger partial charge in [-0.3, -0.25) is 9.59 Å². The van der Waals surface area contributed by atoms with E-state index >= 15 is 0 Å². The van der Waals surface area contributed by atoms with Crippen molar-refractivity contribution in [1.82, 2.24) is 19.7 Å². The molecule has 0 fully saturated rings. The van der Waals surface area contributed by atoms with E-state index in [1.165, 1.54) is 0 Å². The van der Waals surface area contributed by atoms with Gasteiger partial charge in [0.2, 0.25) is 11.8 Å². The lowest BCUT2D eigenvalue weighted by Gasteiger charge is -2.37. The van der Waals surface area contributed by atoms with Gasteiger partial charge in [-0.05, 0) is 42.9 Å². The van der Waals surface area contributed by atoms with E-state index < -0.39 is 0 Å². The number of hydrogen-bond acceptors (Lipinski definition) is 3. The van der Waals surface area contributed by atoms with Gasteiger partial charge in [0.05, 0.1) is 6.04 Å². The maximum absolute atomic E-state index is 13.0. The quantitative estimate of drug-likeness (QED) is 0.673. The van der Waals surface area contributed by atoms with Crippen LogP contribution in [0.25, 0.3) is 0 Å². The summed E-state index contributed by atoms with van der Waals surface area (Å²) < 4.78 is 2.15. The standard InChI is InChI=1S/C22H29ClN4O2/c1-3-25(4-2)12-10-24-20(28)16-21(29)27-14-13-26-11-6-9-19(26)22(27)17-7-5-8-18(23)15-17/h5-9,11,15,22H,3-4,10,12-14,16H2,1-2H3,(H,24,28). The number of nitrogens with one attached hydrogen (secondary N) is 1. The molecule has 7 heteroatoms. The van der Waals surface area contributed by atoms with Gasteiger partial charge in [-0.2, -0.15) is 0 Å². The number of amides is 2. The molecule has 6 nitrogen and oxygen atoms in total. The highest BCUT2D eigenvalue weighted by Gasteiger charge is 2.32. The first kappa shape index (κ1) is 21.4. The molecule has 1 N–H and O–H groups in total. The van der Waals surface area contributed by atoms with Crippen molar-refractivity contribution < 1.29 is 9.59 Å². The van der Waals surface area contributed by atoms with Gasteiger partial charge in [-0.1, -0.05) is 37.6 Å². The van der Waals surface area contributed by atoms with Crippen molar-refractivity contribution in [1.29, 1.82) is 0 Å². The van der Waals surface area contributed by atoms with Crippen LogP contribution in [0.4, 0.5) is 0 Å². The highest BCUT2D eigenvalue weighted by molar-refractivity contribution is 6.30. The third-order valence-electron chi connectivity index (χ3n) is 5.48. The van der Waals surface area contributed by atoms with Gasteiger partial charge < -0.3 is 19.7 Å². The zero-order valence-corrected chi connectivity index (χ0v) is 17.9. The molecule has 0 aliphatic carbocycles. The summed E-state index contributed by atoms with van der Waals surface area (Å²) in [6.07, 6.45) is 1.88. The first-order chi connectivity index (χ1) is 14.0. The summed E-state index contributed by atoms with van der Waals surface area (Å²) in [5, 5.41) is 3.51. The number of hydrogen-bond donors (Lipinski definition) is 1. The van der Waals surface area contributed by atoms with Crippen molar-refractivity contribution in [3.8, 4) is 0 Å². The fourth-order valence-corrected chi connectivity index (χ4v) is 4.07. The third kappa shape index (κ3) is 5.19. The summed E-state index contributed by atoms with van der Waals surface area (Å²) >= 11 is 6.20. The van der Waals surface area contributed by atoms with Gasteiger partial charge in [-0.25, -0.2) is 0 Å². The highest BCUT2D eigenvalue weighted by Crippen LogP contribution is 2.33. The highest BCUT2D eigenvalue weighted by atomic mass is 35.5. The summed E-state index contributed by atoms with van der Waals surface area (Å²) in [6, 6.07) is 11.3. The van der Waals surface area contributed by atoms with E-state index in [1.807, 2.05) is 42.6 Å². The van der Waals surface area contributed by atoms with Crippen LogP contribution in [0.2, 0.25) is 5.02 Å². The van der Waals surface area contributed by atoms with Crippen molar-refractivity contribution in [2.45, 2.75) is 32.9 Å². The Morgan fingerprint density at radius 3 is 2.69 bits per heavy atom. The lowest BCUT2D eigenvalue weighted by Crippen LogP contribution is -2.44. The smallest absolute Gasteiger partial charge is 0.232 e. The van der Waals surface area contributed by atoms with Crippen LogP contribution in [-0.2, 0) is 16.1 Å². The van der Waals surface area contributed by atoms with Gasteiger partial charge in [0.1, 0.15) is 6.42 Å². The van der Waals surface area contributed by atoms with Crippen LogP contribution in [0.15, 0.2) is 42.6 Å². The normalized spacial score (nSPS) is 16.0. The molecule has 1 aliphatic heterocycles. The molecule has 2 amide bonds. The first-order valence-electron chi connectivity index (χ1n) is 10.2. The van der Waals surface area contributed by atoms with Gasteiger partial charge >= 0.3 is 0 Å². The Bertz CT molecular complexity index is 847. The van der Waals surface area contributed by atoms with Gasteiger partial charge in [0, 0.05) is 43.1 Å². The second kappa shape index (κ2) is 9.94. The molecule has 0 saturated heterocycles. The SMILES string of the molecule is CCN(CC)CCNC(=O)CC(=O)N1CCn2cccc2C1c1cccc(Cl)c1. The zero-order chi connectivity index (χ0) is 20.8.